The van der Waals surface area contributed by atoms with Crippen LogP contribution in [-0.4, -0.2) is 50.4 Å². The van der Waals surface area contributed by atoms with Crippen molar-refractivity contribution in [3.8, 4) is 0 Å². The van der Waals surface area contributed by atoms with Crippen LogP contribution in [0.4, 0.5) is 21.4 Å². The number of hydrogen-bond acceptors (Lipinski definition) is 7. The Morgan fingerprint density at radius 3 is 2.70 bits per heavy atom. The summed E-state index contributed by atoms with van der Waals surface area (Å²) >= 11 is 7.44. The SMILES string of the molecule is CC.Cc1cccc(Cl)c1NC(=O)c1cnc(Nc2ccn(CC3CCN(C(=O)OC(C)(C)C)C3)n2)s1. The van der Waals surface area contributed by atoms with Crippen molar-refractivity contribution >= 4 is 51.6 Å². The van der Waals surface area contributed by atoms with E-state index >= 15 is 0 Å². The number of likely N-dealkylation sites (tertiary alicyclic amines) is 1. The van der Waals surface area contributed by atoms with Crippen LogP contribution in [0.5, 0.6) is 0 Å². The molecule has 200 valence electrons. The molecule has 1 aliphatic rings. The van der Waals surface area contributed by atoms with Crippen molar-refractivity contribution in [1.29, 1.82) is 0 Å². The largest absolute Gasteiger partial charge is 0.444 e. The normalized spacial score (nSPS) is 15.1. The quantitative estimate of drug-likeness (QED) is 0.362. The van der Waals surface area contributed by atoms with Gasteiger partial charge in [-0.05, 0) is 51.7 Å². The second-order valence-electron chi connectivity index (χ2n) is 9.54. The molecule has 2 N–H and O–H groups in total. The minimum atomic E-state index is -0.498. The van der Waals surface area contributed by atoms with Gasteiger partial charge >= 0.3 is 6.09 Å². The van der Waals surface area contributed by atoms with Gasteiger partial charge in [-0.15, -0.1) is 0 Å². The summed E-state index contributed by atoms with van der Waals surface area (Å²) < 4.78 is 7.32. The number of carbonyl (C=O) groups excluding carboxylic acids is 2. The van der Waals surface area contributed by atoms with Gasteiger partial charge in [0.25, 0.3) is 5.91 Å². The maximum atomic E-state index is 12.6. The summed E-state index contributed by atoms with van der Waals surface area (Å²) in [6.45, 7) is 13.5. The van der Waals surface area contributed by atoms with Crippen LogP contribution >= 0.6 is 22.9 Å². The van der Waals surface area contributed by atoms with E-state index in [1.165, 1.54) is 17.5 Å². The number of thiazole rings is 1. The second-order valence-corrected chi connectivity index (χ2v) is 11.0. The molecule has 0 saturated carbocycles. The van der Waals surface area contributed by atoms with E-state index in [2.05, 4.69) is 20.7 Å². The number of halogens is 1. The molecule has 11 heteroatoms. The topological polar surface area (TPSA) is 101 Å². The number of aryl methyl sites for hydroxylation is 1. The van der Waals surface area contributed by atoms with Gasteiger partial charge in [-0.1, -0.05) is 48.9 Å². The number of hydrogen-bond donors (Lipinski definition) is 2. The lowest BCUT2D eigenvalue weighted by Gasteiger charge is -2.24. The van der Waals surface area contributed by atoms with Gasteiger partial charge < -0.3 is 20.3 Å². The van der Waals surface area contributed by atoms with Crippen LogP contribution in [0.3, 0.4) is 0 Å². The summed E-state index contributed by atoms with van der Waals surface area (Å²) in [5.74, 6) is 0.669. The molecular weight excluding hydrogens is 512 g/mol. The molecule has 4 rings (SSSR count). The summed E-state index contributed by atoms with van der Waals surface area (Å²) in [5, 5.41) is 11.6. The van der Waals surface area contributed by atoms with Crippen molar-refractivity contribution in [1.82, 2.24) is 19.7 Å². The molecule has 3 aromatic rings. The van der Waals surface area contributed by atoms with E-state index in [4.69, 9.17) is 16.3 Å². The highest BCUT2D eigenvalue weighted by atomic mass is 35.5. The summed E-state index contributed by atoms with van der Waals surface area (Å²) in [5.41, 5.74) is 0.982. The van der Waals surface area contributed by atoms with Crippen LogP contribution in [-0.2, 0) is 11.3 Å². The van der Waals surface area contributed by atoms with E-state index in [1.807, 2.05) is 70.6 Å². The molecule has 3 heterocycles. The number of benzene rings is 1. The number of ether oxygens (including phenoxy) is 1. The van der Waals surface area contributed by atoms with Gasteiger partial charge in [-0.25, -0.2) is 9.78 Å². The molecule has 0 radical (unpaired) electrons. The number of rotatable bonds is 6. The van der Waals surface area contributed by atoms with Crippen LogP contribution in [0.2, 0.25) is 5.02 Å². The zero-order chi connectivity index (χ0) is 27.2. The number of nitrogens with zero attached hydrogens (tertiary/aromatic N) is 4. The molecule has 0 bridgehead atoms. The van der Waals surface area contributed by atoms with Crippen LogP contribution in [0.15, 0.2) is 36.7 Å². The fourth-order valence-corrected chi connectivity index (χ4v) is 4.77. The number of carbonyl (C=O) groups is 2. The standard InChI is InChI=1S/C24H29ClN6O3S.C2H6/c1-15-6-5-7-17(25)20(15)28-21(32)18-12-26-22(35-18)27-19-9-11-31(29-19)14-16-8-10-30(13-16)23(33)34-24(2,3)4;1-2/h5-7,9,11-12,16H,8,10,13-14H2,1-4H3,(H,28,32)(H,26,27,29);1-2H3. The lowest BCUT2D eigenvalue weighted by atomic mass is 10.1. The Balaban J connectivity index is 0.00000186. The Hall–Kier alpha value is -3.11. The zero-order valence-corrected chi connectivity index (χ0v) is 23.7. The molecule has 1 atom stereocenters. The molecule has 2 aromatic heterocycles. The first kappa shape index (κ1) is 28.5. The highest BCUT2D eigenvalue weighted by Crippen LogP contribution is 2.28. The zero-order valence-electron chi connectivity index (χ0n) is 22.2. The average Bonchev–Trinajstić information content (AvgIpc) is 3.59. The van der Waals surface area contributed by atoms with E-state index < -0.39 is 5.60 Å². The average molecular weight is 547 g/mol. The second kappa shape index (κ2) is 12.4. The first-order valence-electron chi connectivity index (χ1n) is 12.4. The predicted octanol–water partition coefficient (Wildman–Crippen LogP) is 6.58. The van der Waals surface area contributed by atoms with Crippen molar-refractivity contribution in [2.24, 2.45) is 5.92 Å². The number of aromatic nitrogens is 3. The Labute approximate surface area is 227 Å². The van der Waals surface area contributed by atoms with E-state index in [-0.39, 0.29) is 12.0 Å². The van der Waals surface area contributed by atoms with Gasteiger partial charge in [0.2, 0.25) is 0 Å². The Morgan fingerprint density at radius 2 is 2.00 bits per heavy atom. The Kier molecular flexibility index (Phi) is 9.56. The Morgan fingerprint density at radius 1 is 1.24 bits per heavy atom. The lowest BCUT2D eigenvalue weighted by molar-refractivity contribution is 0.0286. The maximum absolute atomic E-state index is 12.6. The summed E-state index contributed by atoms with van der Waals surface area (Å²) in [4.78, 5) is 31.4. The first-order valence-corrected chi connectivity index (χ1v) is 13.6. The van der Waals surface area contributed by atoms with E-state index in [1.54, 1.807) is 11.0 Å². The van der Waals surface area contributed by atoms with E-state index in [0.717, 1.165) is 12.0 Å². The van der Waals surface area contributed by atoms with Crippen LogP contribution in [0.25, 0.3) is 0 Å². The minimum Gasteiger partial charge on any atom is -0.444 e. The number of anilines is 3. The van der Waals surface area contributed by atoms with Crippen molar-refractivity contribution in [2.45, 2.75) is 60.1 Å². The van der Waals surface area contributed by atoms with Gasteiger partial charge in [-0.2, -0.15) is 5.10 Å². The number of para-hydroxylation sites is 1. The Bertz CT molecular complexity index is 1200. The summed E-state index contributed by atoms with van der Waals surface area (Å²) in [7, 11) is 0. The molecule has 0 spiro atoms. The third-order valence-electron chi connectivity index (χ3n) is 5.45. The predicted molar refractivity (Wildman–Crippen MR) is 149 cm³/mol. The third kappa shape index (κ3) is 7.93. The van der Waals surface area contributed by atoms with Crippen LogP contribution in [0.1, 0.15) is 56.3 Å². The van der Waals surface area contributed by atoms with Crippen LogP contribution in [0, 0.1) is 12.8 Å². The molecule has 1 aromatic carbocycles. The third-order valence-corrected chi connectivity index (χ3v) is 6.67. The molecule has 0 aliphatic carbocycles. The minimum absolute atomic E-state index is 0.267. The summed E-state index contributed by atoms with van der Waals surface area (Å²) in [6, 6.07) is 7.32. The molecule has 1 saturated heterocycles. The fourth-order valence-electron chi connectivity index (χ4n) is 3.78. The molecule has 37 heavy (non-hydrogen) atoms. The van der Waals surface area contributed by atoms with Gasteiger partial charge in [0.05, 0.1) is 16.9 Å². The molecule has 9 nitrogen and oxygen atoms in total. The van der Waals surface area contributed by atoms with Gasteiger partial charge in [-0.3, -0.25) is 9.48 Å². The summed E-state index contributed by atoms with van der Waals surface area (Å²) in [6.07, 6.45) is 4.04. The van der Waals surface area contributed by atoms with Crippen LogP contribution < -0.4 is 10.6 Å². The molecule has 1 aliphatic heterocycles. The molecule has 2 amide bonds. The number of nitrogens with one attached hydrogen (secondary N) is 2. The van der Waals surface area contributed by atoms with Gasteiger partial charge in [0.15, 0.2) is 10.9 Å². The van der Waals surface area contributed by atoms with Gasteiger partial charge in [0.1, 0.15) is 10.5 Å². The van der Waals surface area contributed by atoms with E-state index in [0.29, 0.717) is 52.1 Å². The van der Waals surface area contributed by atoms with Crippen molar-refractivity contribution in [2.75, 3.05) is 23.7 Å². The molecule has 1 fully saturated rings. The van der Waals surface area contributed by atoms with E-state index in [9.17, 15) is 9.59 Å². The number of amides is 2. The highest BCUT2D eigenvalue weighted by molar-refractivity contribution is 7.17. The maximum Gasteiger partial charge on any atom is 0.410 e. The monoisotopic (exact) mass is 546 g/mol. The van der Waals surface area contributed by atoms with Gasteiger partial charge in [0, 0.05) is 31.9 Å². The molecular formula is C26H35ClN6O3S. The van der Waals surface area contributed by atoms with Crippen molar-refractivity contribution < 1.29 is 14.3 Å². The van der Waals surface area contributed by atoms with Crippen molar-refractivity contribution in [3.63, 3.8) is 0 Å². The molecule has 1 unspecified atom stereocenters. The lowest BCUT2D eigenvalue weighted by Crippen LogP contribution is -2.35. The van der Waals surface area contributed by atoms with Crippen molar-refractivity contribution in [3.05, 3.63) is 52.1 Å². The smallest absolute Gasteiger partial charge is 0.410 e. The highest BCUT2D eigenvalue weighted by Gasteiger charge is 2.30. The fraction of sp³-hybridized carbons (Fsp3) is 0.462. The first-order chi connectivity index (χ1) is 17.6.